The van der Waals surface area contributed by atoms with Gasteiger partial charge in [-0.25, -0.2) is 4.39 Å². The second kappa shape index (κ2) is 7.02. The van der Waals surface area contributed by atoms with Gasteiger partial charge in [0, 0.05) is 55.8 Å². The predicted octanol–water partition coefficient (Wildman–Crippen LogP) is 1.66. The van der Waals surface area contributed by atoms with Gasteiger partial charge in [-0.2, -0.15) is 0 Å². The number of hydrogen-bond acceptors (Lipinski definition) is 5. The molecule has 2 atom stereocenters. The minimum atomic E-state index is -0.400. The lowest BCUT2D eigenvalue weighted by Gasteiger charge is -2.17. The van der Waals surface area contributed by atoms with Gasteiger partial charge in [0.05, 0.1) is 18.9 Å². The smallest absolute Gasteiger partial charge is 0.126 e. The van der Waals surface area contributed by atoms with E-state index in [-0.39, 0.29) is 11.7 Å². The molecule has 0 amide bonds. The van der Waals surface area contributed by atoms with Crippen LogP contribution in [0.2, 0.25) is 0 Å². The van der Waals surface area contributed by atoms with Crippen LogP contribution in [0, 0.1) is 11.7 Å². The number of β-amino-alcohol motifs (C(OH)–C–C–N with tert-alkyl or cyclic N) is 1. The second-order valence-corrected chi connectivity index (χ2v) is 5.88. The van der Waals surface area contributed by atoms with Gasteiger partial charge in [0.1, 0.15) is 11.6 Å². The summed E-state index contributed by atoms with van der Waals surface area (Å²) in [6, 6.07) is 4.55. The van der Waals surface area contributed by atoms with Crippen molar-refractivity contribution >= 4 is 0 Å². The molecule has 0 aliphatic carbocycles. The summed E-state index contributed by atoms with van der Waals surface area (Å²) in [7, 11) is 1.54. The molecule has 122 valence electrons. The van der Waals surface area contributed by atoms with Crippen molar-refractivity contribution < 1.29 is 14.2 Å². The van der Waals surface area contributed by atoms with E-state index in [0.29, 0.717) is 25.3 Å². The van der Waals surface area contributed by atoms with Crippen LogP contribution in [0.5, 0.6) is 5.75 Å². The van der Waals surface area contributed by atoms with Crippen molar-refractivity contribution in [3.8, 4) is 5.75 Å². The molecule has 0 spiro atoms. The Labute approximate surface area is 134 Å². The largest absolute Gasteiger partial charge is 0.496 e. The first-order chi connectivity index (χ1) is 11.2. The van der Waals surface area contributed by atoms with Gasteiger partial charge >= 0.3 is 0 Å². The molecule has 0 bridgehead atoms. The fraction of sp³-hybridized carbons (Fsp3) is 0.412. The molecule has 23 heavy (non-hydrogen) atoms. The molecule has 1 aliphatic heterocycles. The zero-order valence-electron chi connectivity index (χ0n) is 13.0. The zero-order chi connectivity index (χ0) is 16.2. The molecule has 3 rings (SSSR count). The zero-order valence-corrected chi connectivity index (χ0v) is 13.0. The van der Waals surface area contributed by atoms with E-state index >= 15 is 0 Å². The fourth-order valence-corrected chi connectivity index (χ4v) is 3.07. The molecule has 2 aromatic rings. The number of aliphatic hydroxyl groups is 1. The van der Waals surface area contributed by atoms with Gasteiger partial charge in [-0.05, 0) is 12.5 Å². The van der Waals surface area contributed by atoms with E-state index in [1.54, 1.807) is 24.7 Å². The third kappa shape index (κ3) is 3.83. The third-order valence-corrected chi connectivity index (χ3v) is 4.21. The number of aliphatic hydroxyl groups excluding tert-OH is 1. The molecule has 0 radical (unpaired) electrons. The van der Waals surface area contributed by atoms with Gasteiger partial charge in [-0.3, -0.25) is 14.9 Å². The Morgan fingerprint density at radius 2 is 2.22 bits per heavy atom. The molecule has 1 aliphatic rings. The number of methoxy groups -OCH3 is 1. The van der Waals surface area contributed by atoms with Gasteiger partial charge in [0.2, 0.25) is 0 Å². The van der Waals surface area contributed by atoms with Crippen LogP contribution in [-0.2, 0) is 13.0 Å². The number of ether oxygens (including phenoxy) is 1. The van der Waals surface area contributed by atoms with Crippen molar-refractivity contribution in [2.45, 2.75) is 19.1 Å². The molecule has 0 saturated carbocycles. The van der Waals surface area contributed by atoms with E-state index in [4.69, 9.17) is 4.74 Å². The van der Waals surface area contributed by atoms with Gasteiger partial charge in [0.25, 0.3) is 0 Å². The number of halogens is 1. The summed E-state index contributed by atoms with van der Waals surface area (Å²) in [4.78, 5) is 10.5. The van der Waals surface area contributed by atoms with Crippen LogP contribution in [0.15, 0.2) is 36.8 Å². The molecular weight excluding hydrogens is 297 g/mol. The summed E-state index contributed by atoms with van der Waals surface area (Å²) in [6.45, 7) is 1.97. The first-order valence-electron chi connectivity index (χ1n) is 7.63. The third-order valence-electron chi connectivity index (χ3n) is 4.21. The van der Waals surface area contributed by atoms with Crippen LogP contribution in [-0.4, -0.2) is 46.3 Å². The van der Waals surface area contributed by atoms with Crippen molar-refractivity contribution in [3.05, 3.63) is 53.9 Å². The minimum Gasteiger partial charge on any atom is -0.496 e. The Hall–Kier alpha value is -2.05. The summed E-state index contributed by atoms with van der Waals surface area (Å²) in [5, 5.41) is 10.3. The quantitative estimate of drug-likeness (QED) is 0.909. The molecule has 1 aromatic heterocycles. The van der Waals surface area contributed by atoms with Crippen LogP contribution in [0.4, 0.5) is 4.39 Å². The van der Waals surface area contributed by atoms with Crippen LogP contribution < -0.4 is 4.74 Å². The lowest BCUT2D eigenvalue weighted by Crippen LogP contribution is -2.21. The Kier molecular flexibility index (Phi) is 4.83. The van der Waals surface area contributed by atoms with Crippen LogP contribution in [0.25, 0.3) is 0 Å². The molecule has 1 saturated heterocycles. The summed E-state index contributed by atoms with van der Waals surface area (Å²) in [6.07, 6.45) is 5.34. The molecule has 6 heteroatoms. The van der Waals surface area contributed by atoms with Crippen molar-refractivity contribution in [2.75, 3.05) is 20.2 Å². The van der Waals surface area contributed by atoms with Crippen molar-refractivity contribution in [3.63, 3.8) is 0 Å². The van der Waals surface area contributed by atoms with E-state index < -0.39 is 6.10 Å². The van der Waals surface area contributed by atoms with Crippen molar-refractivity contribution in [1.82, 2.24) is 14.9 Å². The number of likely N-dealkylation sites (tertiary alicyclic amines) is 1. The van der Waals surface area contributed by atoms with E-state index in [0.717, 1.165) is 17.8 Å². The van der Waals surface area contributed by atoms with Crippen LogP contribution in [0.3, 0.4) is 0 Å². The summed E-state index contributed by atoms with van der Waals surface area (Å²) >= 11 is 0. The molecule has 1 fully saturated rings. The van der Waals surface area contributed by atoms with Crippen LogP contribution >= 0.6 is 0 Å². The topological polar surface area (TPSA) is 58.5 Å². The lowest BCUT2D eigenvalue weighted by atomic mass is 10.0. The van der Waals surface area contributed by atoms with E-state index in [2.05, 4.69) is 14.9 Å². The second-order valence-electron chi connectivity index (χ2n) is 5.88. The predicted molar refractivity (Wildman–Crippen MR) is 83.5 cm³/mol. The maximum absolute atomic E-state index is 13.3. The molecular formula is C17H20FN3O2. The minimum absolute atomic E-state index is 0.123. The molecule has 0 unspecified atom stereocenters. The fourth-order valence-electron chi connectivity index (χ4n) is 3.07. The highest BCUT2D eigenvalue weighted by Gasteiger charge is 2.32. The van der Waals surface area contributed by atoms with Gasteiger partial charge in [0.15, 0.2) is 0 Å². The van der Waals surface area contributed by atoms with E-state index in [1.807, 2.05) is 0 Å². The maximum atomic E-state index is 13.3. The first kappa shape index (κ1) is 15.8. The normalized spacial score (nSPS) is 21.5. The summed E-state index contributed by atoms with van der Waals surface area (Å²) in [5.41, 5.74) is 1.80. The highest BCUT2D eigenvalue weighted by atomic mass is 19.1. The monoisotopic (exact) mass is 317 g/mol. The van der Waals surface area contributed by atoms with Gasteiger partial charge < -0.3 is 9.84 Å². The standard InChI is InChI=1S/C17H20FN3O2/c1-23-17-7-14(18)3-2-12(17)9-21-10-13(16(22)11-21)6-15-8-19-4-5-20-15/h2-5,7-8,13,16,22H,6,9-11H2,1H3/t13-,16-/m1/s1. The Morgan fingerprint density at radius 3 is 2.96 bits per heavy atom. The van der Waals surface area contributed by atoms with Gasteiger partial charge in [-0.15, -0.1) is 0 Å². The highest BCUT2D eigenvalue weighted by molar-refractivity contribution is 5.34. The molecule has 1 N–H and O–H groups in total. The average Bonchev–Trinajstić information content (AvgIpc) is 2.89. The van der Waals surface area contributed by atoms with E-state index in [1.165, 1.54) is 19.2 Å². The Bertz CT molecular complexity index is 654. The SMILES string of the molecule is COc1cc(F)ccc1CN1C[C@@H](Cc2cnccn2)[C@H](O)C1. The molecule has 2 heterocycles. The number of aromatic nitrogens is 2. The summed E-state index contributed by atoms with van der Waals surface area (Å²) < 4.78 is 18.5. The number of benzene rings is 1. The Balaban J connectivity index is 1.65. The highest BCUT2D eigenvalue weighted by Crippen LogP contribution is 2.26. The summed E-state index contributed by atoms with van der Waals surface area (Å²) in [5.74, 6) is 0.350. The number of nitrogens with zero attached hydrogens (tertiary/aromatic N) is 3. The number of hydrogen-bond donors (Lipinski definition) is 1. The number of rotatable bonds is 5. The molecule has 1 aromatic carbocycles. The van der Waals surface area contributed by atoms with Gasteiger partial charge in [-0.1, -0.05) is 6.07 Å². The van der Waals surface area contributed by atoms with Crippen molar-refractivity contribution in [1.29, 1.82) is 0 Å². The van der Waals surface area contributed by atoms with Crippen LogP contribution in [0.1, 0.15) is 11.3 Å². The Morgan fingerprint density at radius 1 is 1.35 bits per heavy atom. The first-order valence-corrected chi connectivity index (χ1v) is 7.63. The molecule has 5 nitrogen and oxygen atoms in total. The maximum Gasteiger partial charge on any atom is 0.126 e. The lowest BCUT2D eigenvalue weighted by molar-refractivity contribution is 0.140. The average molecular weight is 317 g/mol. The van der Waals surface area contributed by atoms with E-state index in [9.17, 15) is 9.50 Å². The van der Waals surface area contributed by atoms with Crippen molar-refractivity contribution in [2.24, 2.45) is 5.92 Å².